The highest BCUT2D eigenvalue weighted by Crippen LogP contribution is 2.18. The molecule has 0 aliphatic carbocycles. The molecule has 0 spiro atoms. The van der Waals surface area contributed by atoms with E-state index in [1.54, 1.807) is 31.4 Å². The Morgan fingerprint density at radius 3 is 2.48 bits per heavy atom. The highest BCUT2D eigenvalue weighted by Gasteiger charge is 2.19. The molecule has 0 radical (unpaired) electrons. The van der Waals surface area contributed by atoms with E-state index in [1.165, 1.54) is 0 Å². The standard InChI is InChI=1S/C22H27N3O4/c1-28-13-14-29-20-6-4-5-19(15-20)24-21(26)16-23-18-9-7-17(8-10-18)22(27)25-11-2-3-12-25/h4-10,15,23H,2-3,11-14,16H2,1H3,(H,24,26). The maximum atomic E-state index is 12.4. The lowest BCUT2D eigenvalue weighted by Crippen LogP contribution is -2.27. The number of nitrogens with one attached hydrogen (secondary N) is 2. The molecule has 0 aromatic heterocycles. The van der Waals surface area contributed by atoms with Crippen LogP contribution in [-0.2, 0) is 9.53 Å². The maximum Gasteiger partial charge on any atom is 0.253 e. The third-order valence-electron chi connectivity index (χ3n) is 4.65. The van der Waals surface area contributed by atoms with Crippen molar-refractivity contribution in [3.05, 3.63) is 54.1 Å². The SMILES string of the molecule is COCCOc1cccc(NC(=O)CNc2ccc(C(=O)N3CCCC3)cc2)c1. The van der Waals surface area contributed by atoms with Crippen molar-refractivity contribution in [2.45, 2.75) is 12.8 Å². The Morgan fingerprint density at radius 1 is 1.00 bits per heavy atom. The number of anilines is 2. The van der Waals surface area contributed by atoms with Gasteiger partial charge in [0.1, 0.15) is 12.4 Å². The molecule has 2 aromatic rings. The fourth-order valence-corrected chi connectivity index (χ4v) is 3.13. The Morgan fingerprint density at radius 2 is 1.76 bits per heavy atom. The zero-order valence-electron chi connectivity index (χ0n) is 16.6. The average Bonchev–Trinajstić information content (AvgIpc) is 3.28. The number of likely N-dealkylation sites (tertiary alicyclic amines) is 1. The van der Waals surface area contributed by atoms with E-state index in [2.05, 4.69) is 10.6 Å². The van der Waals surface area contributed by atoms with Crippen LogP contribution in [0.5, 0.6) is 5.75 Å². The molecule has 1 saturated heterocycles. The Labute approximate surface area is 171 Å². The predicted octanol–water partition coefficient (Wildman–Crippen LogP) is 3.00. The molecule has 7 heteroatoms. The summed E-state index contributed by atoms with van der Waals surface area (Å²) in [4.78, 5) is 26.5. The van der Waals surface area contributed by atoms with Crippen LogP contribution in [-0.4, -0.2) is 56.7 Å². The minimum absolute atomic E-state index is 0.0689. The fourth-order valence-electron chi connectivity index (χ4n) is 3.13. The number of hydrogen-bond acceptors (Lipinski definition) is 5. The number of hydrogen-bond donors (Lipinski definition) is 2. The van der Waals surface area contributed by atoms with Gasteiger partial charge in [0.05, 0.1) is 13.2 Å². The molecular weight excluding hydrogens is 370 g/mol. The molecule has 1 fully saturated rings. The molecule has 0 unspecified atom stereocenters. The van der Waals surface area contributed by atoms with Gasteiger partial charge in [0, 0.05) is 43.2 Å². The van der Waals surface area contributed by atoms with Crippen molar-refractivity contribution in [1.29, 1.82) is 0 Å². The van der Waals surface area contributed by atoms with E-state index < -0.39 is 0 Å². The summed E-state index contributed by atoms with van der Waals surface area (Å²) in [5, 5.41) is 5.91. The molecule has 2 N–H and O–H groups in total. The number of rotatable bonds is 9. The predicted molar refractivity (Wildman–Crippen MR) is 113 cm³/mol. The van der Waals surface area contributed by atoms with Crippen LogP contribution in [0.3, 0.4) is 0 Å². The zero-order chi connectivity index (χ0) is 20.5. The fraction of sp³-hybridized carbons (Fsp3) is 0.364. The van der Waals surface area contributed by atoms with Crippen LogP contribution < -0.4 is 15.4 Å². The van der Waals surface area contributed by atoms with Crippen molar-refractivity contribution < 1.29 is 19.1 Å². The minimum Gasteiger partial charge on any atom is -0.491 e. The van der Waals surface area contributed by atoms with E-state index in [-0.39, 0.29) is 18.4 Å². The first-order valence-corrected chi connectivity index (χ1v) is 9.80. The molecule has 3 rings (SSSR count). The molecule has 0 saturated carbocycles. The monoisotopic (exact) mass is 397 g/mol. The van der Waals surface area contributed by atoms with E-state index in [9.17, 15) is 9.59 Å². The summed E-state index contributed by atoms with van der Waals surface area (Å²) in [5.41, 5.74) is 2.13. The second-order valence-corrected chi connectivity index (χ2v) is 6.85. The van der Waals surface area contributed by atoms with Gasteiger partial charge in [-0.05, 0) is 49.2 Å². The highest BCUT2D eigenvalue weighted by molar-refractivity contribution is 5.95. The van der Waals surface area contributed by atoms with Gasteiger partial charge in [-0.25, -0.2) is 0 Å². The van der Waals surface area contributed by atoms with Crippen LogP contribution in [0.15, 0.2) is 48.5 Å². The summed E-state index contributed by atoms with van der Waals surface area (Å²) in [6, 6.07) is 14.5. The number of carbonyl (C=O) groups is 2. The minimum atomic E-state index is -0.170. The van der Waals surface area contributed by atoms with Gasteiger partial charge in [0.25, 0.3) is 5.91 Å². The molecule has 1 heterocycles. The maximum absolute atomic E-state index is 12.4. The van der Waals surface area contributed by atoms with E-state index in [4.69, 9.17) is 9.47 Å². The third-order valence-corrected chi connectivity index (χ3v) is 4.65. The van der Waals surface area contributed by atoms with E-state index in [0.29, 0.717) is 30.2 Å². The number of nitrogens with zero attached hydrogens (tertiary/aromatic N) is 1. The topological polar surface area (TPSA) is 79.9 Å². The van der Waals surface area contributed by atoms with Gasteiger partial charge in [-0.2, -0.15) is 0 Å². The number of benzene rings is 2. The van der Waals surface area contributed by atoms with Gasteiger partial charge in [-0.15, -0.1) is 0 Å². The number of carbonyl (C=O) groups excluding carboxylic acids is 2. The van der Waals surface area contributed by atoms with E-state index in [0.717, 1.165) is 31.6 Å². The van der Waals surface area contributed by atoms with Crippen LogP contribution in [0, 0.1) is 0 Å². The van der Waals surface area contributed by atoms with Crippen molar-refractivity contribution in [2.75, 3.05) is 50.6 Å². The van der Waals surface area contributed by atoms with Crippen molar-refractivity contribution in [1.82, 2.24) is 4.90 Å². The lowest BCUT2D eigenvalue weighted by Gasteiger charge is -2.15. The summed E-state index contributed by atoms with van der Waals surface area (Å²) >= 11 is 0. The normalized spacial score (nSPS) is 13.2. The lowest BCUT2D eigenvalue weighted by atomic mass is 10.2. The molecule has 1 aliphatic heterocycles. The molecule has 29 heavy (non-hydrogen) atoms. The van der Waals surface area contributed by atoms with E-state index >= 15 is 0 Å². The molecule has 0 atom stereocenters. The summed E-state index contributed by atoms with van der Waals surface area (Å²) in [5.74, 6) is 0.571. The van der Waals surface area contributed by atoms with Crippen molar-refractivity contribution >= 4 is 23.2 Å². The van der Waals surface area contributed by atoms with Crippen LogP contribution in [0.2, 0.25) is 0 Å². The Hall–Kier alpha value is -3.06. The smallest absolute Gasteiger partial charge is 0.253 e. The Kier molecular flexibility index (Phi) is 7.47. The quantitative estimate of drug-likeness (QED) is 0.636. The van der Waals surface area contributed by atoms with Crippen molar-refractivity contribution in [3.8, 4) is 5.75 Å². The third kappa shape index (κ3) is 6.22. The molecule has 7 nitrogen and oxygen atoms in total. The van der Waals surface area contributed by atoms with Gasteiger partial charge >= 0.3 is 0 Å². The molecule has 154 valence electrons. The largest absolute Gasteiger partial charge is 0.491 e. The first kappa shape index (κ1) is 20.7. The van der Waals surface area contributed by atoms with Crippen LogP contribution in [0.4, 0.5) is 11.4 Å². The van der Waals surface area contributed by atoms with Gasteiger partial charge in [0.2, 0.25) is 5.91 Å². The summed E-state index contributed by atoms with van der Waals surface area (Å²) in [6.07, 6.45) is 2.14. The second-order valence-electron chi connectivity index (χ2n) is 6.85. The zero-order valence-corrected chi connectivity index (χ0v) is 16.6. The van der Waals surface area contributed by atoms with Crippen LogP contribution >= 0.6 is 0 Å². The molecule has 1 aliphatic rings. The van der Waals surface area contributed by atoms with Crippen molar-refractivity contribution in [3.63, 3.8) is 0 Å². The van der Waals surface area contributed by atoms with Gasteiger partial charge in [-0.1, -0.05) is 6.07 Å². The molecular formula is C22H27N3O4. The number of ether oxygens (including phenoxy) is 2. The molecule has 0 bridgehead atoms. The first-order chi connectivity index (χ1) is 14.2. The van der Waals surface area contributed by atoms with Gasteiger partial charge < -0.3 is 25.0 Å². The van der Waals surface area contributed by atoms with Crippen LogP contribution in [0.25, 0.3) is 0 Å². The van der Waals surface area contributed by atoms with Gasteiger partial charge in [-0.3, -0.25) is 9.59 Å². The molecule has 2 aromatic carbocycles. The number of amides is 2. The summed E-state index contributed by atoms with van der Waals surface area (Å²) < 4.78 is 10.5. The summed E-state index contributed by atoms with van der Waals surface area (Å²) in [6.45, 7) is 2.73. The van der Waals surface area contributed by atoms with Crippen LogP contribution in [0.1, 0.15) is 23.2 Å². The Balaban J connectivity index is 1.46. The lowest BCUT2D eigenvalue weighted by molar-refractivity contribution is -0.114. The number of methoxy groups -OCH3 is 1. The Bertz CT molecular complexity index is 817. The van der Waals surface area contributed by atoms with E-state index in [1.807, 2.05) is 29.2 Å². The first-order valence-electron chi connectivity index (χ1n) is 9.80. The molecule has 2 amide bonds. The summed E-state index contributed by atoms with van der Waals surface area (Å²) in [7, 11) is 1.62. The average molecular weight is 397 g/mol. The van der Waals surface area contributed by atoms with Crippen molar-refractivity contribution in [2.24, 2.45) is 0 Å². The second kappa shape index (κ2) is 10.5. The highest BCUT2D eigenvalue weighted by atomic mass is 16.5. The van der Waals surface area contributed by atoms with Gasteiger partial charge in [0.15, 0.2) is 0 Å².